The maximum atomic E-state index is 12.1. The largest absolute Gasteiger partial charge is 0.443 e. The van der Waals surface area contributed by atoms with Gasteiger partial charge in [0.2, 0.25) is 11.8 Å². The lowest BCUT2D eigenvalue weighted by atomic mass is 10.2. The molecule has 2 aliphatic heterocycles. The number of rotatable bonds is 4. The van der Waals surface area contributed by atoms with E-state index >= 15 is 0 Å². The normalized spacial score (nSPS) is 25.8. The van der Waals surface area contributed by atoms with Gasteiger partial charge < -0.3 is 14.1 Å². The summed E-state index contributed by atoms with van der Waals surface area (Å²) in [5, 5.41) is 0. The molecule has 0 N–H and O–H groups in total. The summed E-state index contributed by atoms with van der Waals surface area (Å²) in [6, 6.07) is 0.383. The fourth-order valence-corrected chi connectivity index (χ4v) is 2.81. The summed E-state index contributed by atoms with van der Waals surface area (Å²) >= 11 is 0. The van der Waals surface area contributed by atoms with Gasteiger partial charge in [-0.05, 0) is 13.3 Å². The van der Waals surface area contributed by atoms with Crippen molar-refractivity contribution >= 4 is 5.91 Å². The van der Waals surface area contributed by atoms with Gasteiger partial charge in [-0.25, -0.2) is 4.98 Å². The first kappa shape index (κ1) is 12.6. The fourth-order valence-electron chi connectivity index (χ4n) is 2.81. The number of carbonyl (C=O) groups excluding carboxylic acids is 1. The highest BCUT2D eigenvalue weighted by atomic mass is 16.5. The van der Waals surface area contributed by atoms with Crippen molar-refractivity contribution < 1.29 is 13.9 Å². The van der Waals surface area contributed by atoms with E-state index in [1.165, 1.54) is 0 Å². The number of aryl methyl sites for hydroxylation is 1. The number of hydrogen-bond acceptors (Lipinski definition) is 5. The minimum Gasteiger partial charge on any atom is -0.443 e. The Balaban J connectivity index is 1.46. The molecule has 2 unspecified atom stereocenters. The Morgan fingerprint density at radius 2 is 2.42 bits per heavy atom. The monoisotopic (exact) mass is 265 g/mol. The molecule has 0 saturated carbocycles. The van der Waals surface area contributed by atoms with Gasteiger partial charge in [0, 0.05) is 32.2 Å². The van der Waals surface area contributed by atoms with Gasteiger partial charge in [-0.1, -0.05) is 0 Å². The number of piperazine rings is 1. The lowest BCUT2D eigenvalue weighted by Gasteiger charge is -2.34. The molecule has 2 bridgehead atoms. The molecule has 1 aromatic heterocycles. The van der Waals surface area contributed by atoms with Gasteiger partial charge in [0.1, 0.15) is 19.0 Å². The predicted molar refractivity (Wildman–Crippen MR) is 67.5 cm³/mol. The molecule has 2 fully saturated rings. The highest BCUT2D eigenvalue weighted by molar-refractivity contribution is 5.78. The Labute approximate surface area is 112 Å². The van der Waals surface area contributed by atoms with E-state index in [2.05, 4.69) is 9.88 Å². The van der Waals surface area contributed by atoms with E-state index in [0.29, 0.717) is 11.9 Å². The second-order valence-electron chi connectivity index (χ2n) is 5.19. The summed E-state index contributed by atoms with van der Waals surface area (Å²) in [4.78, 5) is 20.5. The molecule has 1 aromatic rings. The topological polar surface area (TPSA) is 58.8 Å². The fraction of sp³-hybridized carbons (Fsp3) is 0.692. The van der Waals surface area contributed by atoms with Crippen molar-refractivity contribution in [3.05, 3.63) is 17.8 Å². The van der Waals surface area contributed by atoms with Crippen molar-refractivity contribution in [3.8, 4) is 0 Å². The van der Waals surface area contributed by atoms with E-state index < -0.39 is 0 Å². The van der Waals surface area contributed by atoms with Crippen LogP contribution in [0.4, 0.5) is 0 Å². The van der Waals surface area contributed by atoms with E-state index in [9.17, 15) is 4.79 Å². The minimum atomic E-state index is 0.0785. The number of hydrogen-bond donors (Lipinski definition) is 0. The Morgan fingerprint density at radius 1 is 1.53 bits per heavy atom. The summed E-state index contributed by atoms with van der Waals surface area (Å²) < 4.78 is 10.7. The Kier molecular flexibility index (Phi) is 3.52. The third-order valence-electron chi connectivity index (χ3n) is 3.79. The average Bonchev–Trinajstić information content (AvgIpc) is 2.97. The number of ether oxygens (including phenoxy) is 1. The summed E-state index contributed by atoms with van der Waals surface area (Å²) in [5.74, 6) is 1.36. The van der Waals surface area contributed by atoms with Crippen LogP contribution in [0, 0.1) is 6.92 Å². The van der Waals surface area contributed by atoms with Crippen molar-refractivity contribution in [2.75, 3.05) is 32.8 Å². The molecular weight excluding hydrogens is 246 g/mol. The lowest BCUT2D eigenvalue weighted by molar-refractivity contribution is -0.140. The number of oxazole rings is 1. The number of carbonyl (C=O) groups is 1. The van der Waals surface area contributed by atoms with Gasteiger partial charge in [0.05, 0.1) is 6.20 Å². The third-order valence-corrected chi connectivity index (χ3v) is 3.79. The van der Waals surface area contributed by atoms with Gasteiger partial charge in [0.25, 0.3) is 0 Å². The third kappa shape index (κ3) is 2.79. The molecule has 19 heavy (non-hydrogen) atoms. The van der Waals surface area contributed by atoms with Crippen LogP contribution in [-0.4, -0.2) is 59.5 Å². The zero-order chi connectivity index (χ0) is 13.2. The molecule has 6 nitrogen and oxygen atoms in total. The highest BCUT2D eigenvalue weighted by Gasteiger charge is 2.34. The minimum absolute atomic E-state index is 0.0785. The molecule has 6 heteroatoms. The first-order valence-electron chi connectivity index (χ1n) is 6.73. The molecule has 104 valence electrons. The van der Waals surface area contributed by atoms with E-state index in [4.69, 9.17) is 9.15 Å². The van der Waals surface area contributed by atoms with Crippen LogP contribution >= 0.6 is 0 Å². The van der Waals surface area contributed by atoms with E-state index in [0.717, 1.165) is 38.4 Å². The van der Waals surface area contributed by atoms with Gasteiger partial charge in [-0.3, -0.25) is 9.69 Å². The molecule has 1 amide bonds. The van der Waals surface area contributed by atoms with E-state index in [1.54, 1.807) is 6.20 Å². The smallest absolute Gasteiger partial charge is 0.248 e. The second-order valence-corrected chi connectivity index (χ2v) is 5.19. The quantitative estimate of drug-likeness (QED) is 0.789. The molecule has 0 aromatic carbocycles. The molecular formula is C13H19N3O3. The molecule has 2 aliphatic rings. The van der Waals surface area contributed by atoms with Crippen molar-refractivity contribution in [2.24, 2.45) is 0 Å². The van der Waals surface area contributed by atoms with Crippen LogP contribution in [-0.2, 0) is 16.1 Å². The SMILES string of the molecule is Cc1cnc(COCC(=O)N2CCN3CCC2C3)o1. The van der Waals surface area contributed by atoms with Gasteiger partial charge in [-0.2, -0.15) is 0 Å². The maximum Gasteiger partial charge on any atom is 0.248 e. The molecule has 2 atom stereocenters. The van der Waals surface area contributed by atoms with E-state index in [-0.39, 0.29) is 19.1 Å². The van der Waals surface area contributed by atoms with Crippen molar-refractivity contribution in [2.45, 2.75) is 26.0 Å². The van der Waals surface area contributed by atoms with Crippen molar-refractivity contribution in [3.63, 3.8) is 0 Å². The summed E-state index contributed by atoms with van der Waals surface area (Å²) in [6.45, 7) is 6.14. The van der Waals surface area contributed by atoms with Crippen LogP contribution < -0.4 is 0 Å². The Morgan fingerprint density at radius 3 is 3.21 bits per heavy atom. The van der Waals surface area contributed by atoms with Crippen LogP contribution in [0.5, 0.6) is 0 Å². The van der Waals surface area contributed by atoms with Crippen LogP contribution in [0.2, 0.25) is 0 Å². The number of nitrogens with zero attached hydrogens (tertiary/aromatic N) is 3. The standard InChI is InChI=1S/C13H19N3O3/c1-10-6-14-12(19-10)8-18-9-13(17)16-5-4-15-3-2-11(16)7-15/h6,11H,2-5,7-9H2,1H3. The number of amides is 1. The molecule has 0 radical (unpaired) electrons. The summed E-state index contributed by atoms with van der Waals surface area (Å²) in [5.41, 5.74) is 0. The Bertz CT molecular complexity index is 460. The van der Waals surface area contributed by atoms with Crippen LogP contribution in [0.15, 0.2) is 10.6 Å². The summed E-state index contributed by atoms with van der Waals surface area (Å²) in [7, 11) is 0. The molecule has 0 aliphatic carbocycles. The van der Waals surface area contributed by atoms with Gasteiger partial charge >= 0.3 is 0 Å². The first-order chi connectivity index (χ1) is 9.22. The Hall–Kier alpha value is -1.40. The lowest BCUT2D eigenvalue weighted by Crippen LogP contribution is -2.50. The van der Waals surface area contributed by atoms with Gasteiger partial charge in [-0.15, -0.1) is 0 Å². The molecule has 2 saturated heterocycles. The predicted octanol–water partition coefficient (Wildman–Crippen LogP) is 0.416. The van der Waals surface area contributed by atoms with Crippen LogP contribution in [0.25, 0.3) is 0 Å². The van der Waals surface area contributed by atoms with Gasteiger partial charge in [0.15, 0.2) is 0 Å². The van der Waals surface area contributed by atoms with Crippen LogP contribution in [0.3, 0.4) is 0 Å². The number of fused-ring (bicyclic) bond motifs is 2. The highest BCUT2D eigenvalue weighted by Crippen LogP contribution is 2.20. The summed E-state index contributed by atoms with van der Waals surface area (Å²) in [6.07, 6.45) is 2.74. The average molecular weight is 265 g/mol. The molecule has 3 heterocycles. The maximum absolute atomic E-state index is 12.1. The number of aromatic nitrogens is 1. The zero-order valence-corrected chi connectivity index (χ0v) is 11.2. The molecule has 3 rings (SSSR count). The van der Waals surface area contributed by atoms with Crippen LogP contribution in [0.1, 0.15) is 18.1 Å². The zero-order valence-electron chi connectivity index (χ0n) is 11.2. The van der Waals surface area contributed by atoms with Crippen molar-refractivity contribution in [1.82, 2.24) is 14.8 Å². The second kappa shape index (κ2) is 5.30. The first-order valence-corrected chi connectivity index (χ1v) is 6.73. The van der Waals surface area contributed by atoms with E-state index in [1.807, 2.05) is 11.8 Å². The molecule has 0 spiro atoms. The van der Waals surface area contributed by atoms with Crippen molar-refractivity contribution in [1.29, 1.82) is 0 Å².